The fourth-order valence-corrected chi connectivity index (χ4v) is 3.28. The predicted octanol–water partition coefficient (Wildman–Crippen LogP) is 3.88. The van der Waals surface area contributed by atoms with Gasteiger partial charge in [0.1, 0.15) is 11.3 Å². The van der Waals surface area contributed by atoms with Crippen molar-refractivity contribution in [3.05, 3.63) is 53.2 Å². The zero-order valence-corrected chi connectivity index (χ0v) is 14.2. The average Bonchev–Trinajstić information content (AvgIpc) is 2.99. The van der Waals surface area contributed by atoms with Crippen molar-refractivity contribution in [2.75, 3.05) is 7.11 Å². The summed E-state index contributed by atoms with van der Waals surface area (Å²) in [5, 5.41) is 8.89. The van der Waals surface area contributed by atoms with E-state index < -0.39 is 0 Å². The van der Waals surface area contributed by atoms with Crippen molar-refractivity contribution in [1.82, 2.24) is 19.6 Å². The summed E-state index contributed by atoms with van der Waals surface area (Å²) < 4.78 is 7.64. The van der Waals surface area contributed by atoms with Crippen LogP contribution in [-0.2, 0) is 0 Å². The number of benzene rings is 2. The van der Waals surface area contributed by atoms with E-state index in [1.54, 1.807) is 7.11 Å². The van der Waals surface area contributed by atoms with Crippen LogP contribution in [0.2, 0.25) is 0 Å². The molecular formula is C19H18N4O. The van der Waals surface area contributed by atoms with Gasteiger partial charge in [-0.3, -0.25) is 4.40 Å². The molecule has 0 aliphatic carbocycles. The Hall–Kier alpha value is -2.95. The molecule has 0 fully saturated rings. The number of rotatable bonds is 2. The second kappa shape index (κ2) is 5.30. The van der Waals surface area contributed by atoms with Crippen molar-refractivity contribution < 1.29 is 4.74 Å². The third kappa shape index (κ3) is 1.98. The first-order valence-electron chi connectivity index (χ1n) is 7.87. The summed E-state index contributed by atoms with van der Waals surface area (Å²) in [4.78, 5) is 4.66. The lowest BCUT2D eigenvalue weighted by Gasteiger charge is -2.12. The Morgan fingerprint density at radius 1 is 0.917 bits per heavy atom. The number of ether oxygens (including phenoxy) is 1. The van der Waals surface area contributed by atoms with E-state index in [1.165, 1.54) is 11.1 Å². The third-order valence-corrected chi connectivity index (χ3v) is 4.40. The van der Waals surface area contributed by atoms with Crippen molar-refractivity contribution in [1.29, 1.82) is 0 Å². The summed E-state index contributed by atoms with van der Waals surface area (Å²) in [5.41, 5.74) is 6.80. The predicted molar refractivity (Wildman–Crippen MR) is 94.5 cm³/mol. The molecule has 2 heterocycles. The average molecular weight is 318 g/mol. The largest absolute Gasteiger partial charge is 0.494 e. The Morgan fingerprint density at radius 3 is 2.33 bits per heavy atom. The molecular weight excluding hydrogens is 300 g/mol. The number of nitrogens with zero attached hydrogens (tertiary/aromatic N) is 4. The van der Waals surface area contributed by atoms with E-state index in [-0.39, 0.29) is 0 Å². The van der Waals surface area contributed by atoms with Gasteiger partial charge >= 0.3 is 0 Å². The normalized spacial score (nSPS) is 11.3. The lowest BCUT2D eigenvalue weighted by Crippen LogP contribution is -2.01. The first-order valence-corrected chi connectivity index (χ1v) is 7.87. The number of aryl methyl sites for hydroxylation is 3. The van der Waals surface area contributed by atoms with E-state index in [0.29, 0.717) is 0 Å². The van der Waals surface area contributed by atoms with Gasteiger partial charge in [-0.15, -0.1) is 10.2 Å². The van der Waals surface area contributed by atoms with Gasteiger partial charge in [-0.1, -0.05) is 24.3 Å². The SMILES string of the molecule is COc1cccc2nc(C)c3nnc(-c4c(C)cccc4C)n3c12. The Labute approximate surface area is 139 Å². The fraction of sp³-hybridized carbons (Fsp3) is 0.211. The molecule has 0 radical (unpaired) electrons. The first kappa shape index (κ1) is 14.6. The fourth-order valence-electron chi connectivity index (χ4n) is 3.28. The molecule has 0 atom stereocenters. The van der Waals surface area contributed by atoms with Gasteiger partial charge in [0.25, 0.3) is 0 Å². The minimum absolute atomic E-state index is 0.754. The van der Waals surface area contributed by atoms with E-state index in [0.717, 1.165) is 39.5 Å². The molecule has 24 heavy (non-hydrogen) atoms. The van der Waals surface area contributed by atoms with Gasteiger partial charge in [-0.25, -0.2) is 4.98 Å². The van der Waals surface area contributed by atoms with Crippen molar-refractivity contribution >= 4 is 16.7 Å². The molecule has 0 bridgehead atoms. The molecule has 4 rings (SSSR count). The number of aromatic nitrogens is 4. The molecule has 0 unspecified atom stereocenters. The van der Waals surface area contributed by atoms with Crippen LogP contribution in [-0.4, -0.2) is 26.7 Å². The maximum atomic E-state index is 5.58. The van der Waals surface area contributed by atoms with Crippen LogP contribution in [0.4, 0.5) is 0 Å². The van der Waals surface area contributed by atoms with Crippen molar-refractivity contribution in [2.45, 2.75) is 20.8 Å². The van der Waals surface area contributed by atoms with E-state index in [2.05, 4.69) is 51.6 Å². The maximum absolute atomic E-state index is 5.58. The molecule has 120 valence electrons. The molecule has 4 aromatic rings. The molecule has 0 aliphatic rings. The Balaban J connectivity index is 2.23. The van der Waals surface area contributed by atoms with Crippen molar-refractivity contribution in [3.8, 4) is 17.1 Å². The molecule has 0 saturated carbocycles. The Kier molecular flexibility index (Phi) is 3.23. The maximum Gasteiger partial charge on any atom is 0.183 e. The minimum atomic E-state index is 0.754. The molecule has 0 spiro atoms. The lowest BCUT2D eigenvalue weighted by molar-refractivity contribution is 0.418. The van der Waals surface area contributed by atoms with Crippen molar-refractivity contribution in [2.24, 2.45) is 0 Å². The second-order valence-electron chi connectivity index (χ2n) is 5.97. The van der Waals surface area contributed by atoms with Gasteiger partial charge in [0, 0.05) is 5.56 Å². The van der Waals surface area contributed by atoms with E-state index in [4.69, 9.17) is 4.74 Å². The van der Waals surface area contributed by atoms with Crippen LogP contribution in [0.15, 0.2) is 36.4 Å². The zero-order chi connectivity index (χ0) is 16.8. The number of methoxy groups -OCH3 is 1. The summed E-state index contributed by atoms with van der Waals surface area (Å²) in [6.45, 7) is 6.14. The summed E-state index contributed by atoms with van der Waals surface area (Å²) in [6.07, 6.45) is 0. The van der Waals surface area contributed by atoms with Crippen LogP contribution in [0.3, 0.4) is 0 Å². The van der Waals surface area contributed by atoms with Gasteiger partial charge in [-0.2, -0.15) is 0 Å². The van der Waals surface area contributed by atoms with Crippen LogP contribution in [0, 0.1) is 20.8 Å². The van der Waals surface area contributed by atoms with Gasteiger partial charge in [0.15, 0.2) is 11.5 Å². The Bertz CT molecular complexity index is 1060. The van der Waals surface area contributed by atoms with E-state index in [9.17, 15) is 0 Å². The molecule has 0 aliphatic heterocycles. The first-order chi connectivity index (χ1) is 11.6. The second-order valence-corrected chi connectivity index (χ2v) is 5.97. The topological polar surface area (TPSA) is 52.3 Å². The number of fused-ring (bicyclic) bond motifs is 3. The van der Waals surface area contributed by atoms with Gasteiger partial charge in [0.2, 0.25) is 0 Å². The monoisotopic (exact) mass is 318 g/mol. The van der Waals surface area contributed by atoms with E-state index >= 15 is 0 Å². The van der Waals surface area contributed by atoms with E-state index in [1.807, 2.05) is 25.1 Å². The quantitative estimate of drug-likeness (QED) is 0.563. The summed E-state index contributed by atoms with van der Waals surface area (Å²) in [5.74, 6) is 1.58. The van der Waals surface area contributed by atoms with Gasteiger partial charge in [-0.05, 0) is 44.0 Å². The molecule has 0 N–H and O–H groups in total. The third-order valence-electron chi connectivity index (χ3n) is 4.40. The molecule has 2 aromatic heterocycles. The van der Waals surface area contributed by atoms with Gasteiger partial charge in [0.05, 0.1) is 18.3 Å². The highest BCUT2D eigenvalue weighted by Gasteiger charge is 2.19. The molecule has 0 amide bonds. The minimum Gasteiger partial charge on any atom is -0.494 e. The van der Waals surface area contributed by atoms with Crippen LogP contribution in [0.5, 0.6) is 5.75 Å². The smallest absolute Gasteiger partial charge is 0.183 e. The molecule has 2 aromatic carbocycles. The summed E-state index contributed by atoms with van der Waals surface area (Å²) >= 11 is 0. The van der Waals surface area contributed by atoms with Crippen molar-refractivity contribution in [3.63, 3.8) is 0 Å². The zero-order valence-electron chi connectivity index (χ0n) is 14.2. The molecule has 0 saturated heterocycles. The standard InChI is InChI=1S/C19H18N4O/c1-11-7-5-8-12(2)16(11)19-22-21-18-13(3)20-14-9-6-10-15(24-4)17(14)23(18)19/h5-10H,1-4H3. The van der Waals surface area contributed by atoms with Crippen LogP contribution < -0.4 is 4.74 Å². The van der Waals surface area contributed by atoms with Crippen LogP contribution in [0.1, 0.15) is 16.8 Å². The van der Waals surface area contributed by atoms with Crippen LogP contribution >= 0.6 is 0 Å². The molecule has 5 nitrogen and oxygen atoms in total. The number of para-hydroxylation sites is 1. The van der Waals surface area contributed by atoms with Crippen LogP contribution in [0.25, 0.3) is 28.1 Å². The highest BCUT2D eigenvalue weighted by Crippen LogP contribution is 2.32. The highest BCUT2D eigenvalue weighted by atomic mass is 16.5. The summed E-state index contributed by atoms with van der Waals surface area (Å²) in [7, 11) is 1.67. The highest BCUT2D eigenvalue weighted by molar-refractivity contribution is 5.87. The lowest BCUT2D eigenvalue weighted by atomic mass is 10.0. The Morgan fingerprint density at radius 2 is 1.62 bits per heavy atom. The summed E-state index contributed by atoms with van der Waals surface area (Å²) in [6, 6.07) is 12.1. The van der Waals surface area contributed by atoms with Gasteiger partial charge < -0.3 is 4.74 Å². The number of hydrogen-bond acceptors (Lipinski definition) is 4. The number of hydrogen-bond donors (Lipinski definition) is 0. The molecule has 5 heteroatoms.